The third kappa shape index (κ3) is 3.03. The summed E-state index contributed by atoms with van der Waals surface area (Å²) in [4.78, 5) is 11.9. The quantitative estimate of drug-likeness (QED) is 0.841. The lowest BCUT2D eigenvalue weighted by Gasteiger charge is -2.18. The van der Waals surface area contributed by atoms with Gasteiger partial charge in [0.15, 0.2) is 0 Å². The lowest BCUT2D eigenvalue weighted by atomic mass is 10.1. The number of rotatable bonds is 4. The van der Waals surface area contributed by atoms with Crippen molar-refractivity contribution in [1.82, 2.24) is 10.6 Å². The highest BCUT2D eigenvalue weighted by Crippen LogP contribution is 2.30. The van der Waals surface area contributed by atoms with Gasteiger partial charge in [0.1, 0.15) is 0 Å². The van der Waals surface area contributed by atoms with Gasteiger partial charge in [-0.1, -0.05) is 37.6 Å². The molecule has 0 saturated heterocycles. The van der Waals surface area contributed by atoms with Crippen molar-refractivity contribution in [2.75, 3.05) is 0 Å². The Morgan fingerprint density at radius 1 is 1.44 bits per heavy atom. The molecule has 1 aliphatic rings. The van der Waals surface area contributed by atoms with Crippen molar-refractivity contribution in [2.24, 2.45) is 0 Å². The van der Waals surface area contributed by atoms with Crippen LogP contribution in [0.2, 0.25) is 0 Å². The Labute approximate surface area is 109 Å². The molecule has 0 saturated carbocycles. The van der Waals surface area contributed by atoms with Crippen LogP contribution in [0, 0.1) is 0 Å². The average molecular weight is 246 g/mol. The van der Waals surface area contributed by atoms with Gasteiger partial charge in [0.2, 0.25) is 0 Å². The number of benzene rings is 1. The molecule has 0 aromatic heterocycles. The Morgan fingerprint density at radius 2 is 2.22 bits per heavy atom. The highest BCUT2D eigenvalue weighted by molar-refractivity contribution is 5.75. The number of carbonyl (C=O) groups excluding carboxylic acids is 1. The highest BCUT2D eigenvalue weighted by atomic mass is 16.2. The monoisotopic (exact) mass is 246 g/mol. The molecule has 0 unspecified atom stereocenters. The Kier molecular flexibility index (Phi) is 4.24. The summed E-state index contributed by atoms with van der Waals surface area (Å²) < 4.78 is 0. The van der Waals surface area contributed by atoms with Crippen LogP contribution in [0.15, 0.2) is 24.3 Å². The summed E-state index contributed by atoms with van der Waals surface area (Å²) in [5, 5.41) is 6.06. The minimum absolute atomic E-state index is 0.0438. The van der Waals surface area contributed by atoms with E-state index in [1.54, 1.807) is 0 Å². The number of hydrogen-bond donors (Lipinski definition) is 2. The Hall–Kier alpha value is -1.51. The van der Waals surface area contributed by atoms with Gasteiger partial charge in [0.05, 0.1) is 6.04 Å². The van der Waals surface area contributed by atoms with E-state index in [9.17, 15) is 4.79 Å². The second-order valence-corrected chi connectivity index (χ2v) is 5.10. The van der Waals surface area contributed by atoms with E-state index in [1.165, 1.54) is 11.1 Å². The molecule has 0 radical (unpaired) electrons. The lowest BCUT2D eigenvalue weighted by Crippen LogP contribution is -2.41. The zero-order valence-electron chi connectivity index (χ0n) is 11.2. The van der Waals surface area contributed by atoms with E-state index in [-0.39, 0.29) is 18.1 Å². The van der Waals surface area contributed by atoms with Crippen molar-refractivity contribution in [2.45, 2.75) is 51.6 Å². The maximum atomic E-state index is 11.9. The molecule has 18 heavy (non-hydrogen) atoms. The van der Waals surface area contributed by atoms with Crippen LogP contribution in [-0.4, -0.2) is 12.1 Å². The first-order chi connectivity index (χ1) is 8.70. The molecule has 1 aliphatic carbocycles. The molecule has 3 nitrogen and oxygen atoms in total. The minimum atomic E-state index is -0.0438. The van der Waals surface area contributed by atoms with Crippen LogP contribution in [0.5, 0.6) is 0 Å². The summed E-state index contributed by atoms with van der Waals surface area (Å²) in [7, 11) is 0. The van der Waals surface area contributed by atoms with Crippen LogP contribution in [0.3, 0.4) is 0 Å². The molecular formula is C15H22N2O. The zero-order valence-corrected chi connectivity index (χ0v) is 11.2. The van der Waals surface area contributed by atoms with E-state index >= 15 is 0 Å². The van der Waals surface area contributed by atoms with Crippen LogP contribution < -0.4 is 10.6 Å². The van der Waals surface area contributed by atoms with Gasteiger partial charge < -0.3 is 10.6 Å². The Morgan fingerprint density at radius 3 is 3.00 bits per heavy atom. The Bertz CT molecular complexity index is 417. The molecule has 0 bridgehead atoms. The normalized spacial score (nSPS) is 19.1. The van der Waals surface area contributed by atoms with Crippen molar-refractivity contribution in [1.29, 1.82) is 0 Å². The maximum Gasteiger partial charge on any atom is 0.315 e. The molecule has 0 heterocycles. The summed E-state index contributed by atoms with van der Waals surface area (Å²) >= 11 is 0. The molecule has 2 amide bonds. The number of aryl methyl sites for hydroxylation is 1. The fraction of sp³-hybridized carbons (Fsp3) is 0.533. The molecule has 2 atom stereocenters. The van der Waals surface area contributed by atoms with Gasteiger partial charge >= 0.3 is 6.03 Å². The predicted molar refractivity (Wildman–Crippen MR) is 73.5 cm³/mol. The van der Waals surface area contributed by atoms with Gasteiger partial charge in [-0.05, 0) is 37.3 Å². The number of hydrogen-bond acceptors (Lipinski definition) is 1. The fourth-order valence-corrected chi connectivity index (χ4v) is 2.64. The topological polar surface area (TPSA) is 41.1 Å². The summed E-state index contributed by atoms with van der Waals surface area (Å²) in [6.07, 6.45) is 4.18. The average Bonchev–Trinajstić information content (AvgIpc) is 2.73. The van der Waals surface area contributed by atoms with Gasteiger partial charge in [-0.3, -0.25) is 0 Å². The molecule has 0 fully saturated rings. The first-order valence-electron chi connectivity index (χ1n) is 6.85. The van der Waals surface area contributed by atoms with Gasteiger partial charge in [0, 0.05) is 6.04 Å². The van der Waals surface area contributed by atoms with E-state index in [1.807, 2.05) is 13.0 Å². The maximum absolute atomic E-state index is 11.9. The molecule has 98 valence electrons. The largest absolute Gasteiger partial charge is 0.336 e. The van der Waals surface area contributed by atoms with Crippen molar-refractivity contribution in [3.8, 4) is 0 Å². The van der Waals surface area contributed by atoms with Gasteiger partial charge in [-0.25, -0.2) is 4.79 Å². The molecule has 2 N–H and O–H groups in total. The van der Waals surface area contributed by atoms with E-state index in [0.717, 1.165) is 25.7 Å². The fourth-order valence-electron chi connectivity index (χ4n) is 2.64. The molecule has 0 spiro atoms. The van der Waals surface area contributed by atoms with Crippen LogP contribution in [0.1, 0.15) is 50.3 Å². The predicted octanol–water partition coefficient (Wildman–Crippen LogP) is 3.16. The SMILES string of the molecule is CCC[C@@H](C)NC(=O)N[C@@H]1CCc2ccccc21. The third-order valence-electron chi connectivity index (χ3n) is 3.54. The number of fused-ring (bicyclic) bond motifs is 1. The van der Waals surface area contributed by atoms with Gasteiger partial charge in [0.25, 0.3) is 0 Å². The second-order valence-electron chi connectivity index (χ2n) is 5.10. The van der Waals surface area contributed by atoms with E-state index < -0.39 is 0 Å². The first kappa shape index (κ1) is 12.9. The smallest absolute Gasteiger partial charge is 0.315 e. The standard InChI is InChI=1S/C15H22N2O/c1-3-6-11(2)16-15(18)17-14-10-9-12-7-4-5-8-13(12)14/h4-5,7-8,11,14H,3,6,9-10H2,1-2H3,(H2,16,17,18)/t11-,14-/m1/s1. The van der Waals surface area contributed by atoms with Crippen LogP contribution in [0.25, 0.3) is 0 Å². The van der Waals surface area contributed by atoms with E-state index in [0.29, 0.717) is 0 Å². The molecule has 3 heteroatoms. The van der Waals surface area contributed by atoms with Crippen LogP contribution in [-0.2, 0) is 6.42 Å². The molecule has 1 aromatic carbocycles. The van der Waals surface area contributed by atoms with E-state index in [4.69, 9.17) is 0 Å². The summed E-state index contributed by atoms with van der Waals surface area (Å²) in [6.45, 7) is 4.18. The third-order valence-corrected chi connectivity index (χ3v) is 3.54. The number of carbonyl (C=O) groups is 1. The molecular weight excluding hydrogens is 224 g/mol. The van der Waals surface area contributed by atoms with Gasteiger partial charge in [-0.15, -0.1) is 0 Å². The van der Waals surface area contributed by atoms with Crippen LogP contribution >= 0.6 is 0 Å². The van der Waals surface area contributed by atoms with Crippen molar-refractivity contribution in [3.05, 3.63) is 35.4 Å². The number of nitrogens with one attached hydrogen (secondary N) is 2. The van der Waals surface area contributed by atoms with Crippen LogP contribution in [0.4, 0.5) is 4.79 Å². The lowest BCUT2D eigenvalue weighted by molar-refractivity contribution is 0.233. The van der Waals surface area contributed by atoms with Crippen molar-refractivity contribution >= 4 is 6.03 Å². The molecule has 2 rings (SSSR count). The zero-order chi connectivity index (χ0) is 13.0. The molecule has 1 aromatic rings. The summed E-state index contributed by atoms with van der Waals surface area (Å²) in [5.74, 6) is 0. The summed E-state index contributed by atoms with van der Waals surface area (Å²) in [5.41, 5.74) is 2.64. The minimum Gasteiger partial charge on any atom is -0.336 e. The van der Waals surface area contributed by atoms with Crippen molar-refractivity contribution < 1.29 is 4.79 Å². The second kappa shape index (κ2) is 5.89. The van der Waals surface area contributed by atoms with E-state index in [2.05, 4.69) is 35.8 Å². The Balaban J connectivity index is 1.89. The van der Waals surface area contributed by atoms with Gasteiger partial charge in [-0.2, -0.15) is 0 Å². The number of urea groups is 1. The highest BCUT2D eigenvalue weighted by Gasteiger charge is 2.23. The molecule has 0 aliphatic heterocycles. The number of amides is 2. The summed E-state index contributed by atoms with van der Waals surface area (Å²) in [6, 6.07) is 8.73. The van der Waals surface area contributed by atoms with Crippen molar-refractivity contribution in [3.63, 3.8) is 0 Å². The first-order valence-corrected chi connectivity index (χ1v) is 6.85.